The van der Waals surface area contributed by atoms with Crippen molar-refractivity contribution in [3.05, 3.63) is 72.3 Å². The number of ether oxygens (including phenoxy) is 4. The van der Waals surface area contributed by atoms with E-state index in [1.807, 2.05) is 19.1 Å². The molecule has 3 aromatic rings. The molecule has 1 aliphatic heterocycles. The SMILES string of the molecule is COc1ccc(OC)c(N(CC(=O)NC[C@H]2COc3ccccc3O2)S(=O)(=O)c2ccc(C)cc2)c1. The second kappa shape index (κ2) is 10.8. The van der Waals surface area contributed by atoms with Crippen LogP contribution in [0.2, 0.25) is 0 Å². The Balaban J connectivity index is 1.57. The van der Waals surface area contributed by atoms with Crippen LogP contribution in [0.1, 0.15) is 5.56 Å². The number of anilines is 1. The molecule has 0 spiro atoms. The van der Waals surface area contributed by atoms with Gasteiger partial charge in [0, 0.05) is 6.07 Å². The van der Waals surface area contributed by atoms with E-state index in [1.54, 1.807) is 36.4 Å². The number of benzene rings is 3. The number of aryl methyl sites for hydroxylation is 1. The monoisotopic (exact) mass is 512 g/mol. The van der Waals surface area contributed by atoms with Crippen LogP contribution in [-0.2, 0) is 14.8 Å². The molecule has 1 N–H and O–H groups in total. The van der Waals surface area contributed by atoms with E-state index in [1.165, 1.54) is 32.4 Å². The van der Waals surface area contributed by atoms with Crippen LogP contribution in [0.25, 0.3) is 0 Å². The maximum Gasteiger partial charge on any atom is 0.264 e. The Kier molecular flexibility index (Phi) is 7.54. The Bertz CT molecular complexity index is 1330. The summed E-state index contributed by atoms with van der Waals surface area (Å²) in [4.78, 5) is 13.1. The van der Waals surface area contributed by atoms with Crippen molar-refractivity contribution in [2.24, 2.45) is 0 Å². The summed E-state index contributed by atoms with van der Waals surface area (Å²) in [6.45, 7) is 1.78. The molecule has 0 aromatic heterocycles. The minimum atomic E-state index is -4.13. The second-order valence-electron chi connectivity index (χ2n) is 8.16. The van der Waals surface area contributed by atoms with E-state index in [0.717, 1.165) is 9.87 Å². The third kappa shape index (κ3) is 5.49. The van der Waals surface area contributed by atoms with Gasteiger partial charge >= 0.3 is 0 Å². The minimum Gasteiger partial charge on any atom is -0.497 e. The number of sulfonamides is 1. The van der Waals surface area contributed by atoms with Gasteiger partial charge in [-0.15, -0.1) is 0 Å². The molecule has 4 rings (SSSR count). The number of para-hydroxylation sites is 2. The Labute approximate surface area is 210 Å². The molecule has 1 aliphatic rings. The molecule has 1 amide bonds. The Morgan fingerprint density at radius 2 is 1.75 bits per heavy atom. The zero-order chi connectivity index (χ0) is 25.7. The molecule has 0 unspecified atom stereocenters. The van der Waals surface area contributed by atoms with Crippen LogP contribution in [0.3, 0.4) is 0 Å². The van der Waals surface area contributed by atoms with Gasteiger partial charge in [0.2, 0.25) is 5.91 Å². The predicted molar refractivity (Wildman–Crippen MR) is 135 cm³/mol. The Morgan fingerprint density at radius 3 is 2.44 bits per heavy atom. The first kappa shape index (κ1) is 25.2. The molecule has 10 heteroatoms. The fraction of sp³-hybridized carbons (Fsp3) is 0.269. The summed E-state index contributed by atoms with van der Waals surface area (Å²) in [6, 6.07) is 18.4. The van der Waals surface area contributed by atoms with Crippen molar-refractivity contribution < 1.29 is 32.2 Å². The van der Waals surface area contributed by atoms with Crippen molar-refractivity contribution in [3.63, 3.8) is 0 Å². The van der Waals surface area contributed by atoms with Gasteiger partial charge in [0.05, 0.1) is 31.3 Å². The molecule has 190 valence electrons. The fourth-order valence-corrected chi connectivity index (χ4v) is 5.13. The summed E-state index contributed by atoms with van der Waals surface area (Å²) >= 11 is 0. The average molecular weight is 513 g/mol. The highest BCUT2D eigenvalue weighted by Crippen LogP contribution is 2.36. The van der Waals surface area contributed by atoms with Crippen LogP contribution in [0.15, 0.2) is 71.6 Å². The molecule has 0 fully saturated rings. The Morgan fingerprint density at radius 1 is 1.03 bits per heavy atom. The lowest BCUT2D eigenvalue weighted by molar-refractivity contribution is -0.120. The molecule has 3 aromatic carbocycles. The van der Waals surface area contributed by atoms with Crippen molar-refractivity contribution in [1.29, 1.82) is 0 Å². The van der Waals surface area contributed by atoms with Gasteiger partial charge in [-0.2, -0.15) is 0 Å². The highest BCUT2D eigenvalue weighted by Gasteiger charge is 2.30. The fourth-order valence-electron chi connectivity index (χ4n) is 3.71. The van der Waals surface area contributed by atoms with Crippen molar-refractivity contribution in [3.8, 4) is 23.0 Å². The van der Waals surface area contributed by atoms with Gasteiger partial charge in [-0.3, -0.25) is 9.10 Å². The van der Waals surface area contributed by atoms with Crippen molar-refractivity contribution >= 4 is 21.6 Å². The highest BCUT2D eigenvalue weighted by molar-refractivity contribution is 7.92. The van der Waals surface area contributed by atoms with Crippen LogP contribution in [0.4, 0.5) is 5.69 Å². The smallest absolute Gasteiger partial charge is 0.264 e. The van der Waals surface area contributed by atoms with E-state index in [4.69, 9.17) is 18.9 Å². The summed E-state index contributed by atoms with van der Waals surface area (Å²) in [5, 5.41) is 2.76. The number of methoxy groups -OCH3 is 2. The van der Waals surface area contributed by atoms with Gasteiger partial charge < -0.3 is 24.3 Å². The van der Waals surface area contributed by atoms with E-state index in [2.05, 4.69) is 5.32 Å². The number of hydrogen-bond donors (Lipinski definition) is 1. The third-order valence-electron chi connectivity index (χ3n) is 5.65. The number of rotatable bonds is 9. The number of carbonyl (C=O) groups is 1. The molecule has 0 saturated heterocycles. The highest BCUT2D eigenvalue weighted by atomic mass is 32.2. The molecule has 1 heterocycles. The molecule has 0 radical (unpaired) electrons. The van der Waals surface area contributed by atoms with E-state index in [-0.39, 0.29) is 29.5 Å². The van der Waals surface area contributed by atoms with Crippen molar-refractivity contribution in [2.75, 3.05) is 38.2 Å². The summed E-state index contributed by atoms with van der Waals surface area (Å²) in [5.41, 5.74) is 1.09. The Hall–Kier alpha value is -3.92. The molecule has 0 saturated carbocycles. The zero-order valence-corrected chi connectivity index (χ0v) is 21.1. The van der Waals surface area contributed by atoms with Crippen LogP contribution in [0.5, 0.6) is 23.0 Å². The van der Waals surface area contributed by atoms with E-state index in [0.29, 0.717) is 17.2 Å². The first-order chi connectivity index (χ1) is 17.3. The molecule has 0 aliphatic carbocycles. The lowest BCUT2D eigenvalue weighted by atomic mass is 10.2. The minimum absolute atomic E-state index is 0.0476. The van der Waals surface area contributed by atoms with Gasteiger partial charge in [0.15, 0.2) is 11.5 Å². The van der Waals surface area contributed by atoms with E-state index < -0.39 is 28.6 Å². The molecule has 1 atom stereocenters. The van der Waals surface area contributed by atoms with Crippen molar-refractivity contribution in [1.82, 2.24) is 5.32 Å². The standard InChI is InChI=1S/C26H28N2O7S/c1-18-8-11-21(12-9-18)36(30,31)28(22-14-19(32-2)10-13-23(22)33-3)16-26(29)27-15-20-17-34-24-6-4-5-7-25(24)35-20/h4-14,20H,15-17H2,1-3H3,(H,27,29)/t20-/m0/s1. The topological polar surface area (TPSA) is 103 Å². The number of fused-ring (bicyclic) bond motifs is 1. The van der Waals surface area contributed by atoms with Crippen LogP contribution in [-0.4, -0.2) is 54.3 Å². The molecule has 9 nitrogen and oxygen atoms in total. The summed E-state index contributed by atoms with van der Waals surface area (Å²) in [5.74, 6) is 1.41. The van der Waals surface area contributed by atoms with E-state index in [9.17, 15) is 13.2 Å². The largest absolute Gasteiger partial charge is 0.497 e. The van der Waals surface area contributed by atoms with Gasteiger partial charge in [-0.1, -0.05) is 29.8 Å². The average Bonchev–Trinajstić information content (AvgIpc) is 2.90. The number of amides is 1. The summed E-state index contributed by atoms with van der Waals surface area (Å²) in [6.07, 6.45) is -0.419. The number of hydrogen-bond acceptors (Lipinski definition) is 7. The molecular weight excluding hydrogens is 484 g/mol. The van der Waals surface area contributed by atoms with Crippen LogP contribution < -0.4 is 28.6 Å². The predicted octanol–water partition coefficient (Wildman–Crippen LogP) is 3.16. The maximum absolute atomic E-state index is 13.7. The first-order valence-electron chi connectivity index (χ1n) is 11.3. The first-order valence-corrected chi connectivity index (χ1v) is 12.7. The van der Waals surface area contributed by atoms with Gasteiger partial charge in [0.1, 0.15) is 30.8 Å². The number of nitrogens with zero attached hydrogens (tertiary/aromatic N) is 1. The summed E-state index contributed by atoms with van der Waals surface area (Å²) in [7, 11) is -1.22. The second-order valence-corrected chi connectivity index (χ2v) is 10.0. The van der Waals surface area contributed by atoms with Gasteiger partial charge in [-0.25, -0.2) is 8.42 Å². The van der Waals surface area contributed by atoms with Gasteiger partial charge in [-0.05, 0) is 43.3 Å². The lowest BCUT2D eigenvalue weighted by Crippen LogP contribution is -2.45. The number of nitrogens with one attached hydrogen (secondary N) is 1. The van der Waals surface area contributed by atoms with Crippen molar-refractivity contribution in [2.45, 2.75) is 17.9 Å². The zero-order valence-electron chi connectivity index (χ0n) is 20.3. The number of carbonyl (C=O) groups excluding carboxylic acids is 1. The van der Waals surface area contributed by atoms with Gasteiger partial charge in [0.25, 0.3) is 10.0 Å². The van der Waals surface area contributed by atoms with Crippen LogP contribution in [0, 0.1) is 6.92 Å². The summed E-state index contributed by atoms with van der Waals surface area (Å²) < 4.78 is 50.7. The molecule has 0 bridgehead atoms. The normalized spacial score (nSPS) is 14.6. The van der Waals surface area contributed by atoms with Crippen LogP contribution >= 0.6 is 0 Å². The van der Waals surface area contributed by atoms with E-state index >= 15 is 0 Å². The molecular formula is C26H28N2O7S. The maximum atomic E-state index is 13.7. The quantitative estimate of drug-likeness (QED) is 0.470. The lowest BCUT2D eigenvalue weighted by Gasteiger charge is -2.28. The molecule has 36 heavy (non-hydrogen) atoms. The third-order valence-corrected chi connectivity index (χ3v) is 7.42.